The molecule has 1 saturated heterocycles. The van der Waals surface area contributed by atoms with Crippen molar-refractivity contribution >= 4 is 0 Å². The van der Waals surface area contributed by atoms with Crippen molar-refractivity contribution < 1.29 is 4.74 Å². The highest BCUT2D eigenvalue weighted by atomic mass is 16.5. The molecule has 0 spiro atoms. The summed E-state index contributed by atoms with van der Waals surface area (Å²) in [6.07, 6.45) is 7.54. The molecule has 2 heterocycles. The molecule has 1 fully saturated rings. The zero-order valence-electron chi connectivity index (χ0n) is 12.5. The molecule has 4 heteroatoms. The molecule has 0 atom stereocenters. The lowest BCUT2D eigenvalue weighted by Gasteiger charge is -2.37. The zero-order chi connectivity index (χ0) is 13.7. The van der Waals surface area contributed by atoms with Gasteiger partial charge in [-0.15, -0.1) is 0 Å². The number of hydrogen-bond donors (Lipinski definition) is 1. The topological polar surface area (TPSA) is 39.1 Å². The van der Waals surface area contributed by atoms with Crippen LogP contribution in [0.15, 0.2) is 12.4 Å². The third kappa shape index (κ3) is 4.32. The number of aryl methyl sites for hydroxylation is 1. The summed E-state index contributed by atoms with van der Waals surface area (Å²) < 4.78 is 7.44. The summed E-state index contributed by atoms with van der Waals surface area (Å²) in [6.45, 7) is 8.47. The van der Waals surface area contributed by atoms with E-state index >= 15 is 0 Å². The standard InChI is InChI=1S/C15H27N3O/c1-13(2)9-16-12-15(4-6-19-7-5-15)8-14-10-17-18(3)11-14/h10-11,13,16H,4-9,12H2,1-3H3. The summed E-state index contributed by atoms with van der Waals surface area (Å²) in [4.78, 5) is 0. The fourth-order valence-corrected chi connectivity index (χ4v) is 2.84. The van der Waals surface area contributed by atoms with Gasteiger partial charge in [-0.3, -0.25) is 4.68 Å². The molecule has 1 aliphatic rings. The summed E-state index contributed by atoms with van der Waals surface area (Å²) in [5.41, 5.74) is 1.69. The van der Waals surface area contributed by atoms with Gasteiger partial charge in [-0.25, -0.2) is 0 Å². The van der Waals surface area contributed by atoms with Gasteiger partial charge in [0.05, 0.1) is 6.20 Å². The monoisotopic (exact) mass is 265 g/mol. The molecule has 108 valence electrons. The summed E-state index contributed by atoms with van der Waals surface area (Å²) >= 11 is 0. The first-order valence-electron chi connectivity index (χ1n) is 7.36. The van der Waals surface area contributed by atoms with E-state index < -0.39 is 0 Å². The first-order valence-corrected chi connectivity index (χ1v) is 7.36. The van der Waals surface area contributed by atoms with Gasteiger partial charge in [0.15, 0.2) is 0 Å². The molecule has 0 aliphatic carbocycles. The van der Waals surface area contributed by atoms with Crippen LogP contribution in [0.2, 0.25) is 0 Å². The number of rotatable bonds is 6. The van der Waals surface area contributed by atoms with Crippen LogP contribution in [0.5, 0.6) is 0 Å². The Morgan fingerprint density at radius 1 is 1.42 bits per heavy atom. The summed E-state index contributed by atoms with van der Waals surface area (Å²) in [5, 5.41) is 7.93. The second-order valence-electron chi connectivity index (χ2n) is 6.34. The lowest BCUT2D eigenvalue weighted by Crippen LogP contribution is -2.41. The fraction of sp³-hybridized carbons (Fsp3) is 0.800. The number of hydrogen-bond acceptors (Lipinski definition) is 3. The molecule has 1 aromatic heterocycles. The van der Waals surface area contributed by atoms with Crippen LogP contribution in [0.25, 0.3) is 0 Å². The van der Waals surface area contributed by atoms with E-state index in [0.717, 1.165) is 45.6 Å². The van der Waals surface area contributed by atoms with Gasteiger partial charge in [0.2, 0.25) is 0 Å². The molecule has 2 rings (SSSR count). The maximum absolute atomic E-state index is 5.55. The number of nitrogens with zero attached hydrogens (tertiary/aromatic N) is 2. The number of aromatic nitrogens is 2. The first kappa shape index (κ1) is 14.5. The van der Waals surface area contributed by atoms with Crippen molar-refractivity contribution in [2.45, 2.75) is 33.1 Å². The Bertz CT molecular complexity index is 380. The van der Waals surface area contributed by atoms with Gasteiger partial charge >= 0.3 is 0 Å². The fourth-order valence-electron chi connectivity index (χ4n) is 2.84. The second-order valence-corrected chi connectivity index (χ2v) is 6.34. The average molecular weight is 265 g/mol. The molecule has 1 aromatic rings. The van der Waals surface area contributed by atoms with Crippen molar-refractivity contribution in [2.75, 3.05) is 26.3 Å². The molecule has 0 radical (unpaired) electrons. The largest absolute Gasteiger partial charge is 0.381 e. The van der Waals surface area contributed by atoms with Gasteiger partial charge < -0.3 is 10.1 Å². The molecule has 1 N–H and O–H groups in total. The maximum Gasteiger partial charge on any atom is 0.0521 e. The molecule has 1 aliphatic heterocycles. The minimum absolute atomic E-state index is 0.343. The molecule has 0 bridgehead atoms. The van der Waals surface area contributed by atoms with Crippen LogP contribution in [-0.4, -0.2) is 36.1 Å². The minimum Gasteiger partial charge on any atom is -0.381 e. The van der Waals surface area contributed by atoms with E-state index in [1.807, 2.05) is 17.9 Å². The van der Waals surface area contributed by atoms with Gasteiger partial charge in [-0.1, -0.05) is 13.8 Å². The van der Waals surface area contributed by atoms with E-state index in [1.165, 1.54) is 5.56 Å². The Balaban J connectivity index is 1.97. The van der Waals surface area contributed by atoms with Gasteiger partial charge in [-0.05, 0) is 42.7 Å². The average Bonchev–Trinajstić information content (AvgIpc) is 2.75. The van der Waals surface area contributed by atoms with Gasteiger partial charge in [0, 0.05) is 33.0 Å². The molecule has 0 aromatic carbocycles. The SMILES string of the molecule is CC(C)CNCC1(Cc2cnn(C)c2)CCOCC1. The highest BCUT2D eigenvalue weighted by molar-refractivity contribution is 5.08. The molecular formula is C15H27N3O. The Hall–Kier alpha value is -0.870. The molecule has 0 amide bonds. The van der Waals surface area contributed by atoms with Crippen LogP contribution in [-0.2, 0) is 18.2 Å². The quantitative estimate of drug-likeness (QED) is 0.855. The summed E-state index contributed by atoms with van der Waals surface area (Å²) in [6, 6.07) is 0. The lowest BCUT2D eigenvalue weighted by atomic mass is 9.75. The van der Waals surface area contributed by atoms with E-state index in [4.69, 9.17) is 4.74 Å². The molecule has 19 heavy (non-hydrogen) atoms. The Labute approximate surface area is 116 Å². The molecule has 4 nitrogen and oxygen atoms in total. The van der Waals surface area contributed by atoms with Crippen LogP contribution in [0.3, 0.4) is 0 Å². The van der Waals surface area contributed by atoms with Crippen LogP contribution in [0.1, 0.15) is 32.3 Å². The van der Waals surface area contributed by atoms with Crippen molar-refractivity contribution in [1.82, 2.24) is 15.1 Å². The number of ether oxygens (including phenoxy) is 1. The summed E-state index contributed by atoms with van der Waals surface area (Å²) in [7, 11) is 1.98. The van der Waals surface area contributed by atoms with E-state index in [0.29, 0.717) is 11.3 Å². The molecule has 0 saturated carbocycles. The normalized spacial score (nSPS) is 18.9. The van der Waals surface area contributed by atoms with E-state index in [1.54, 1.807) is 0 Å². The van der Waals surface area contributed by atoms with Gasteiger partial charge in [-0.2, -0.15) is 5.10 Å². The van der Waals surface area contributed by atoms with Crippen molar-refractivity contribution in [3.8, 4) is 0 Å². The number of nitrogens with one attached hydrogen (secondary N) is 1. The van der Waals surface area contributed by atoms with Crippen molar-refractivity contribution in [3.05, 3.63) is 18.0 Å². The predicted molar refractivity (Wildman–Crippen MR) is 77.1 cm³/mol. The predicted octanol–water partition coefficient (Wildman–Crippen LogP) is 2.00. The third-order valence-corrected chi connectivity index (χ3v) is 3.94. The van der Waals surface area contributed by atoms with E-state index in [-0.39, 0.29) is 0 Å². The van der Waals surface area contributed by atoms with E-state index in [2.05, 4.69) is 30.5 Å². The van der Waals surface area contributed by atoms with Crippen molar-refractivity contribution in [2.24, 2.45) is 18.4 Å². The lowest BCUT2D eigenvalue weighted by molar-refractivity contribution is 0.0147. The Morgan fingerprint density at radius 2 is 2.16 bits per heavy atom. The zero-order valence-corrected chi connectivity index (χ0v) is 12.5. The highest BCUT2D eigenvalue weighted by Crippen LogP contribution is 2.33. The smallest absolute Gasteiger partial charge is 0.0521 e. The second kappa shape index (κ2) is 6.53. The van der Waals surface area contributed by atoms with Gasteiger partial charge in [0.1, 0.15) is 0 Å². The molecule has 0 unspecified atom stereocenters. The Morgan fingerprint density at radius 3 is 2.74 bits per heavy atom. The van der Waals surface area contributed by atoms with Crippen LogP contribution < -0.4 is 5.32 Å². The first-order chi connectivity index (χ1) is 9.10. The highest BCUT2D eigenvalue weighted by Gasteiger charge is 2.32. The van der Waals surface area contributed by atoms with Crippen molar-refractivity contribution in [1.29, 1.82) is 0 Å². The maximum atomic E-state index is 5.55. The third-order valence-electron chi connectivity index (χ3n) is 3.94. The van der Waals surface area contributed by atoms with Gasteiger partial charge in [0.25, 0.3) is 0 Å². The van der Waals surface area contributed by atoms with Crippen LogP contribution in [0, 0.1) is 11.3 Å². The van der Waals surface area contributed by atoms with E-state index in [9.17, 15) is 0 Å². The molecular weight excluding hydrogens is 238 g/mol. The van der Waals surface area contributed by atoms with Crippen LogP contribution in [0.4, 0.5) is 0 Å². The Kier molecular flexibility index (Phi) is 4.99. The minimum atomic E-state index is 0.343. The summed E-state index contributed by atoms with van der Waals surface area (Å²) in [5.74, 6) is 0.704. The van der Waals surface area contributed by atoms with Crippen molar-refractivity contribution in [3.63, 3.8) is 0 Å². The van der Waals surface area contributed by atoms with Crippen LogP contribution >= 0.6 is 0 Å².